The largest absolute Gasteiger partial charge is 0.469 e. The van der Waals surface area contributed by atoms with Crippen molar-refractivity contribution in [1.29, 1.82) is 0 Å². The lowest BCUT2D eigenvalue weighted by Crippen LogP contribution is -2.29. The first kappa shape index (κ1) is 11.8. The van der Waals surface area contributed by atoms with Gasteiger partial charge in [0.15, 0.2) is 0 Å². The Balaban J connectivity index is 2.31. The maximum absolute atomic E-state index is 11.5. The first-order chi connectivity index (χ1) is 7.13. The van der Waals surface area contributed by atoms with E-state index in [4.69, 9.17) is 10.2 Å². The quantitative estimate of drug-likeness (QED) is 0.772. The molecule has 0 radical (unpaired) electrons. The average Bonchev–Trinajstić information content (AvgIpc) is 2.64. The van der Waals surface area contributed by atoms with Crippen LogP contribution >= 0.6 is 0 Å². The second-order valence-corrected chi connectivity index (χ2v) is 3.66. The molecular weight excluding hydrogens is 192 g/mol. The van der Waals surface area contributed by atoms with Crippen molar-refractivity contribution in [3.8, 4) is 0 Å². The molecular formula is C11H18N2O2. The van der Waals surface area contributed by atoms with Gasteiger partial charge in [-0.15, -0.1) is 0 Å². The van der Waals surface area contributed by atoms with Gasteiger partial charge in [0.2, 0.25) is 0 Å². The van der Waals surface area contributed by atoms with Gasteiger partial charge in [0, 0.05) is 12.6 Å². The van der Waals surface area contributed by atoms with Gasteiger partial charge in [-0.1, -0.05) is 6.92 Å². The van der Waals surface area contributed by atoms with E-state index in [1.165, 1.54) is 6.26 Å². The molecule has 1 aromatic rings. The monoisotopic (exact) mass is 210 g/mol. The molecule has 0 aliphatic rings. The summed E-state index contributed by atoms with van der Waals surface area (Å²) in [5.41, 5.74) is 6.30. The third kappa shape index (κ3) is 3.75. The van der Waals surface area contributed by atoms with Crippen molar-refractivity contribution in [2.45, 2.75) is 32.7 Å². The SMILES string of the molecule is CCC(N)CCNC(=O)c1coc(C)c1. The molecule has 1 unspecified atom stereocenters. The standard InChI is InChI=1S/C11H18N2O2/c1-3-10(12)4-5-13-11(14)9-6-8(2)15-7-9/h6-7,10H,3-5,12H2,1-2H3,(H,13,14). The second kappa shape index (κ2) is 5.56. The van der Waals surface area contributed by atoms with Crippen LogP contribution in [0.4, 0.5) is 0 Å². The first-order valence-electron chi connectivity index (χ1n) is 5.22. The van der Waals surface area contributed by atoms with Crippen molar-refractivity contribution in [1.82, 2.24) is 5.32 Å². The summed E-state index contributed by atoms with van der Waals surface area (Å²) in [7, 11) is 0. The molecule has 0 saturated carbocycles. The van der Waals surface area contributed by atoms with Crippen LogP contribution in [0.3, 0.4) is 0 Å². The number of hydrogen-bond donors (Lipinski definition) is 2. The Bertz CT molecular complexity index is 320. The summed E-state index contributed by atoms with van der Waals surface area (Å²) in [6, 6.07) is 1.88. The third-order valence-corrected chi connectivity index (χ3v) is 2.32. The molecule has 0 fully saturated rings. The maximum Gasteiger partial charge on any atom is 0.254 e. The van der Waals surface area contributed by atoms with Gasteiger partial charge in [-0.05, 0) is 25.8 Å². The Morgan fingerprint density at radius 2 is 2.40 bits per heavy atom. The number of carbonyl (C=O) groups is 1. The van der Waals surface area contributed by atoms with Crippen LogP contribution in [0.2, 0.25) is 0 Å². The minimum atomic E-state index is -0.102. The van der Waals surface area contributed by atoms with Crippen LogP contribution in [0.15, 0.2) is 16.7 Å². The summed E-state index contributed by atoms with van der Waals surface area (Å²) in [6.07, 6.45) is 3.20. The number of nitrogens with two attached hydrogens (primary N) is 1. The van der Waals surface area contributed by atoms with E-state index in [1.807, 2.05) is 13.8 Å². The highest BCUT2D eigenvalue weighted by molar-refractivity contribution is 5.93. The Morgan fingerprint density at radius 3 is 2.93 bits per heavy atom. The fraction of sp³-hybridized carbons (Fsp3) is 0.545. The van der Waals surface area contributed by atoms with Crippen LogP contribution in [-0.2, 0) is 0 Å². The van der Waals surface area contributed by atoms with E-state index in [0.29, 0.717) is 12.1 Å². The fourth-order valence-electron chi connectivity index (χ4n) is 1.24. The van der Waals surface area contributed by atoms with E-state index in [2.05, 4.69) is 5.32 Å². The molecule has 0 spiro atoms. The smallest absolute Gasteiger partial charge is 0.254 e. The number of amides is 1. The van der Waals surface area contributed by atoms with Crippen molar-refractivity contribution >= 4 is 5.91 Å². The maximum atomic E-state index is 11.5. The lowest BCUT2D eigenvalue weighted by molar-refractivity contribution is 0.0952. The highest BCUT2D eigenvalue weighted by Gasteiger charge is 2.08. The summed E-state index contributed by atoms with van der Waals surface area (Å²) in [5.74, 6) is 0.639. The Kier molecular flexibility index (Phi) is 4.37. The highest BCUT2D eigenvalue weighted by Crippen LogP contribution is 2.05. The van der Waals surface area contributed by atoms with E-state index in [1.54, 1.807) is 6.07 Å². The van der Waals surface area contributed by atoms with Crippen molar-refractivity contribution in [3.63, 3.8) is 0 Å². The van der Waals surface area contributed by atoms with Crippen molar-refractivity contribution < 1.29 is 9.21 Å². The topological polar surface area (TPSA) is 68.3 Å². The molecule has 0 aliphatic carbocycles. The molecule has 3 N–H and O–H groups in total. The van der Waals surface area contributed by atoms with Crippen LogP contribution in [0.5, 0.6) is 0 Å². The lowest BCUT2D eigenvalue weighted by atomic mass is 10.2. The van der Waals surface area contributed by atoms with Crippen molar-refractivity contribution in [2.24, 2.45) is 5.73 Å². The molecule has 0 aliphatic heterocycles. The molecule has 1 aromatic heterocycles. The van der Waals surface area contributed by atoms with Gasteiger partial charge in [-0.25, -0.2) is 0 Å². The van der Waals surface area contributed by atoms with Gasteiger partial charge in [-0.3, -0.25) is 4.79 Å². The molecule has 1 rings (SSSR count). The molecule has 84 valence electrons. The van der Waals surface area contributed by atoms with E-state index >= 15 is 0 Å². The van der Waals surface area contributed by atoms with Gasteiger partial charge in [-0.2, -0.15) is 0 Å². The number of rotatable bonds is 5. The zero-order valence-corrected chi connectivity index (χ0v) is 9.25. The summed E-state index contributed by atoms with van der Waals surface area (Å²) in [6.45, 7) is 4.45. The van der Waals surface area contributed by atoms with Gasteiger partial charge >= 0.3 is 0 Å². The van der Waals surface area contributed by atoms with Crippen LogP contribution in [0, 0.1) is 6.92 Å². The molecule has 4 nitrogen and oxygen atoms in total. The normalized spacial score (nSPS) is 12.5. The van der Waals surface area contributed by atoms with Gasteiger partial charge in [0.05, 0.1) is 5.56 Å². The van der Waals surface area contributed by atoms with E-state index in [0.717, 1.165) is 18.6 Å². The first-order valence-corrected chi connectivity index (χ1v) is 5.22. The van der Waals surface area contributed by atoms with Crippen molar-refractivity contribution in [3.05, 3.63) is 23.7 Å². The lowest BCUT2D eigenvalue weighted by Gasteiger charge is -2.08. The Morgan fingerprint density at radius 1 is 1.67 bits per heavy atom. The minimum absolute atomic E-state index is 0.102. The average molecular weight is 210 g/mol. The molecule has 0 aromatic carbocycles. The predicted molar refractivity (Wildman–Crippen MR) is 58.7 cm³/mol. The van der Waals surface area contributed by atoms with Crippen LogP contribution < -0.4 is 11.1 Å². The Labute approximate surface area is 89.8 Å². The van der Waals surface area contributed by atoms with Gasteiger partial charge in [0.1, 0.15) is 12.0 Å². The predicted octanol–water partition coefficient (Wildman–Crippen LogP) is 1.45. The number of hydrogen-bond acceptors (Lipinski definition) is 3. The molecule has 15 heavy (non-hydrogen) atoms. The van der Waals surface area contributed by atoms with Crippen LogP contribution in [0.25, 0.3) is 0 Å². The number of aryl methyl sites for hydroxylation is 1. The molecule has 4 heteroatoms. The highest BCUT2D eigenvalue weighted by atomic mass is 16.3. The molecule has 1 amide bonds. The van der Waals surface area contributed by atoms with E-state index in [-0.39, 0.29) is 11.9 Å². The summed E-state index contributed by atoms with van der Waals surface area (Å²) in [4.78, 5) is 11.5. The fourth-order valence-corrected chi connectivity index (χ4v) is 1.24. The Hall–Kier alpha value is -1.29. The van der Waals surface area contributed by atoms with E-state index < -0.39 is 0 Å². The van der Waals surface area contributed by atoms with Gasteiger partial charge < -0.3 is 15.5 Å². The third-order valence-electron chi connectivity index (χ3n) is 2.32. The molecule has 0 bridgehead atoms. The molecule has 1 atom stereocenters. The summed E-state index contributed by atoms with van der Waals surface area (Å²) in [5, 5.41) is 2.80. The second-order valence-electron chi connectivity index (χ2n) is 3.66. The number of furan rings is 1. The van der Waals surface area contributed by atoms with E-state index in [9.17, 15) is 4.79 Å². The zero-order chi connectivity index (χ0) is 11.3. The summed E-state index contributed by atoms with van der Waals surface area (Å²) < 4.78 is 5.05. The summed E-state index contributed by atoms with van der Waals surface area (Å²) >= 11 is 0. The number of nitrogens with one attached hydrogen (secondary N) is 1. The minimum Gasteiger partial charge on any atom is -0.469 e. The van der Waals surface area contributed by atoms with Crippen LogP contribution in [0.1, 0.15) is 35.9 Å². The van der Waals surface area contributed by atoms with Crippen LogP contribution in [-0.4, -0.2) is 18.5 Å². The van der Waals surface area contributed by atoms with Gasteiger partial charge in [0.25, 0.3) is 5.91 Å². The van der Waals surface area contributed by atoms with Crippen molar-refractivity contribution in [2.75, 3.05) is 6.54 Å². The number of carbonyl (C=O) groups excluding carboxylic acids is 1. The molecule has 1 heterocycles. The molecule has 0 saturated heterocycles. The zero-order valence-electron chi connectivity index (χ0n) is 9.25.